The molecule has 1 rings (SSSR count). The Morgan fingerprint density at radius 3 is 2.11 bits per heavy atom. The molecule has 1 aliphatic rings. The molecule has 54 valence electrons. The third-order valence-corrected chi connectivity index (χ3v) is 2.28. The van der Waals surface area contributed by atoms with E-state index in [2.05, 4.69) is 32.7 Å². The molecule has 0 aromatic heterocycles. The Morgan fingerprint density at radius 2 is 2.00 bits per heavy atom. The van der Waals surface area contributed by atoms with Crippen LogP contribution in [0.3, 0.4) is 0 Å². The van der Waals surface area contributed by atoms with E-state index >= 15 is 0 Å². The highest BCUT2D eigenvalue weighted by molar-refractivity contribution is 4.86. The molecular formula is C8H17N. The van der Waals surface area contributed by atoms with Crippen molar-refractivity contribution in [1.29, 1.82) is 0 Å². The molecule has 1 unspecified atom stereocenters. The number of likely N-dealkylation sites (tertiary alicyclic amines) is 1. The maximum absolute atomic E-state index is 2.43. The SMILES string of the molecule is CC1CC(C)(C)CN1C. The van der Waals surface area contributed by atoms with Crippen LogP contribution in [0.1, 0.15) is 27.2 Å². The quantitative estimate of drug-likeness (QED) is 0.479. The van der Waals surface area contributed by atoms with E-state index in [1.54, 1.807) is 0 Å². The smallest absolute Gasteiger partial charge is 0.00696 e. The first-order chi connectivity index (χ1) is 4.01. The second-order valence-electron chi connectivity index (χ2n) is 4.13. The van der Waals surface area contributed by atoms with Crippen LogP contribution in [0.4, 0.5) is 0 Å². The first-order valence-corrected chi connectivity index (χ1v) is 3.71. The van der Waals surface area contributed by atoms with Crippen molar-refractivity contribution in [1.82, 2.24) is 4.90 Å². The van der Waals surface area contributed by atoms with E-state index in [9.17, 15) is 0 Å². The molecule has 1 aliphatic heterocycles. The van der Waals surface area contributed by atoms with Gasteiger partial charge in [-0.05, 0) is 25.8 Å². The van der Waals surface area contributed by atoms with Gasteiger partial charge in [0.15, 0.2) is 0 Å². The summed E-state index contributed by atoms with van der Waals surface area (Å²) in [5.41, 5.74) is 0.564. The lowest BCUT2D eigenvalue weighted by molar-refractivity contribution is 0.308. The second kappa shape index (κ2) is 1.98. The molecule has 0 radical (unpaired) electrons. The Labute approximate surface area is 58.0 Å². The molecule has 1 heteroatoms. The van der Waals surface area contributed by atoms with Gasteiger partial charge in [-0.1, -0.05) is 13.8 Å². The molecule has 1 atom stereocenters. The summed E-state index contributed by atoms with van der Waals surface area (Å²) < 4.78 is 0. The summed E-state index contributed by atoms with van der Waals surface area (Å²) in [6, 6.07) is 0.792. The molecule has 0 aliphatic carbocycles. The Kier molecular flexibility index (Phi) is 1.55. The second-order valence-corrected chi connectivity index (χ2v) is 4.13. The normalized spacial score (nSPS) is 35.3. The van der Waals surface area contributed by atoms with Crippen molar-refractivity contribution in [2.75, 3.05) is 13.6 Å². The molecular weight excluding hydrogens is 110 g/mol. The van der Waals surface area contributed by atoms with Gasteiger partial charge in [0.1, 0.15) is 0 Å². The molecule has 1 heterocycles. The van der Waals surface area contributed by atoms with Crippen LogP contribution in [0.25, 0.3) is 0 Å². The molecule has 0 aromatic rings. The van der Waals surface area contributed by atoms with Crippen molar-refractivity contribution < 1.29 is 0 Å². The third kappa shape index (κ3) is 1.45. The van der Waals surface area contributed by atoms with Crippen LogP contribution in [-0.2, 0) is 0 Å². The molecule has 1 nitrogen and oxygen atoms in total. The molecule has 9 heavy (non-hydrogen) atoms. The summed E-state index contributed by atoms with van der Waals surface area (Å²) in [4.78, 5) is 2.43. The van der Waals surface area contributed by atoms with Gasteiger partial charge in [0.25, 0.3) is 0 Å². The Bertz CT molecular complexity index is 95.1. The van der Waals surface area contributed by atoms with Crippen molar-refractivity contribution in [2.24, 2.45) is 5.41 Å². The lowest BCUT2D eigenvalue weighted by atomic mass is 9.91. The highest BCUT2D eigenvalue weighted by atomic mass is 15.2. The van der Waals surface area contributed by atoms with E-state index in [0.29, 0.717) is 5.41 Å². The summed E-state index contributed by atoms with van der Waals surface area (Å²) >= 11 is 0. The van der Waals surface area contributed by atoms with Crippen molar-refractivity contribution >= 4 is 0 Å². The summed E-state index contributed by atoms with van der Waals surface area (Å²) in [6.07, 6.45) is 1.35. The summed E-state index contributed by atoms with van der Waals surface area (Å²) in [7, 11) is 2.21. The minimum Gasteiger partial charge on any atom is -0.303 e. The van der Waals surface area contributed by atoms with Gasteiger partial charge in [0, 0.05) is 12.6 Å². The fourth-order valence-corrected chi connectivity index (χ4v) is 1.85. The molecule has 1 fully saturated rings. The van der Waals surface area contributed by atoms with Gasteiger partial charge in [-0.3, -0.25) is 0 Å². The highest BCUT2D eigenvalue weighted by Crippen LogP contribution is 2.31. The minimum atomic E-state index is 0.564. The van der Waals surface area contributed by atoms with Crippen LogP contribution in [0, 0.1) is 5.41 Å². The first kappa shape index (κ1) is 7.07. The van der Waals surface area contributed by atoms with Crippen LogP contribution in [0.2, 0.25) is 0 Å². The number of hydrogen-bond donors (Lipinski definition) is 0. The van der Waals surface area contributed by atoms with Crippen LogP contribution in [0.15, 0.2) is 0 Å². The van der Waals surface area contributed by atoms with Crippen molar-refractivity contribution in [3.8, 4) is 0 Å². The van der Waals surface area contributed by atoms with Crippen molar-refractivity contribution in [3.63, 3.8) is 0 Å². The molecule has 0 spiro atoms. The Balaban J connectivity index is 2.54. The zero-order valence-corrected chi connectivity index (χ0v) is 6.94. The van der Waals surface area contributed by atoms with Gasteiger partial charge in [0.2, 0.25) is 0 Å². The molecule has 0 aromatic carbocycles. The molecule has 1 saturated heterocycles. The van der Waals surface area contributed by atoms with Crippen LogP contribution in [0.5, 0.6) is 0 Å². The van der Waals surface area contributed by atoms with Gasteiger partial charge >= 0.3 is 0 Å². The topological polar surface area (TPSA) is 3.24 Å². The van der Waals surface area contributed by atoms with Gasteiger partial charge < -0.3 is 4.90 Å². The largest absolute Gasteiger partial charge is 0.303 e. The van der Waals surface area contributed by atoms with E-state index in [0.717, 1.165) is 6.04 Å². The predicted octanol–water partition coefficient (Wildman–Crippen LogP) is 1.74. The lowest BCUT2D eigenvalue weighted by Gasteiger charge is -2.15. The van der Waals surface area contributed by atoms with Gasteiger partial charge in [-0.25, -0.2) is 0 Å². The van der Waals surface area contributed by atoms with Crippen molar-refractivity contribution in [2.45, 2.75) is 33.2 Å². The van der Waals surface area contributed by atoms with Crippen molar-refractivity contribution in [3.05, 3.63) is 0 Å². The maximum Gasteiger partial charge on any atom is 0.00696 e. The molecule has 0 N–H and O–H groups in total. The van der Waals surface area contributed by atoms with Gasteiger partial charge in [-0.2, -0.15) is 0 Å². The van der Waals surface area contributed by atoms with E-state index in [1.807, 2.05) is 0 Å². The average molecular weight is 127 g/mol. The van der Waals surface area contributed by atoms with Crippen LogP contribution >= 0.6 is 0 Å². The zero-order chi connectivity index (χ0) is 7.07. The lowest BCUT2D eigenvalue weighted by Crippen LogP contribution is -2.22. The van der Waals surface area contributed by atoms with Gasteiger partial charge in [0.05, 0.1) is 0 Å². The highest BCUT2D eigenvalue weighted by Gasteiger charge is 2.31. The molecule has 0 saturated carbocycles. The number of hydrogen-bond acceptors (Lipinski definition) is 1. The minimum absolute atomic E-state index is 0.564. The molecule has 0 amide bonds. The average Bonchev–Trinajstić information content (AvgIpc) is 1.79. The van der Waals surface area contributed by atoms with E-state index in [-0.39, 0.29) is 0 Å². The van der Waals surface area contributed by atoms with E-state index < -0.39 is 0 Å². The summed E-state index contributed by atoms with van der Waals surface area (Å²) in [5, 5.41) is 0. The van der Waals surface area contributed by atoms with Gasteiger partial charge in [-0.15, -0.1) is 0 Å². The molecule has 0 bridgehead atoms. The summed E-state index contributed by atoms with van der Waals surface area (Å²) in [6.45, 7) is 8.24. The summed E-state index contributed by atoms with van der Waals surface area (Å²) in [5.74, 6) is 0. The fourth-order valence-electron chi connectivity index (χ4n) is 1.85. The maximum atomic E-state index is 2.43. The van der Waals surface area contributed by atoms with Crippen LogP contribution < -0.4 is 0 Å². The van der Waals surface area contributed by atoms with Crippen LogP contribution in [-0.4, -0.2) is 24.5 Å². The fraction of sp³-hybridized carbons (Fsp3) is 1.00. The third-order valence-electron chi connectivity index (χ3n) is 2.28. The van der Waals surface area contributed by atoms with E-state index in [4.69, 9.17) is 0 Å². The number of nitrogens with zero attached hydrogens (tertiary/aromatic N) is 1. The monoisotopic (exact) mass is 127 g/mol. The number of rotatable bonds is 0. The van der Waals surface area contributed by atoms with E-state index in [1.165, 1.54) is 13.0 Å². The Hall–Kier alpha value is -0.0400. The zero-order valence-electron chi connectivity index (χ0n) is 6.94. The Morgan fingerprint density at radius 1 is 1.44 bits per heavy atom. The standard InChI is InChI=1S/C8H17N/c1-7-5-8(2,3)6-9(7)4/h7H,5-6H2,1-4H3. The first-order valence-electron chi connectivity index (χ1n) is 3.71. The predicted molar refractivity (Wildman–Crippen MR) is 40.5 cm³/mol.